The molecule has 2 N–H and O–H groups in total. The average molecular weight is 885 g/mol. The van der Waals surface area contributed by atoms with E-state index in [1.54, 1.807) is 6.08 Å². The molecule has 9 heteroatoms. The number of allylic oxidation sites excluding steroid dienone is 1. The highest BCUT2D eigenvalue weighted by molar-refractivity contribution is 7.45. The zero-order chi connectivity index (χ0) is 45.0. The summed E-state index contributed by atoms with van der Waals surface area (Å²) in [4.78, 5) is 25.4. The topological polar surface area (TPSA) is 108 Å². The molecule has 0 aromatic carbocycles. The fourth-order valence-electron chi connectivity index (χ4n) is 8.04. The molecular weight excluding hydrogens is 780 g/mol. The fourth-order valence-corrected chi connectivity index (χ4v) is 8.76. The molecule has 3 unspecified atom stereocenters. The molecule has 0 saturated carbocycles. The van der Waals surface area contributed by atoms with Crippen LogP contribution in [-0.4, -0.2) is 68.5 Å². The van der Waals surface area contributed by atoms with Crippen molar-refractivity contribution < 1.29 is 32.9 Å². The number of aliphatic hydroxyl groups is 1. The molecule has 364 valence electrons. The predicted molar refractivity (Wildman–Crippen MR) is 261 cm³/mol. The first-order valence-electron chi connectivity index (χ1n) is 26.6. The minimum Gasteiger partial charge on any atom is -0.756 e. The van der Waals surface area contributed by atoms with E-state index in [2.05, 4.69) is 19.2 Å². The fraction of sp³-hybridized carbons (Fsp3) is 0.942. The van der Waals surface area contributed by atoms with Crippen LogP contribution in [0.15, 0.2) is 12.2 Å². The van der Waals surface area contributed by atoms with Crippen LogP contribution < -0.4 is 10.2 Å². The number of amides is 1. The number of phosphoric ester groups is 1. The van der Waals surface area contributed by atoms with Crippen molar-refractivity contribution in [2.24, 2.45) is 0 Å². The molecule has 0 fully saturated rings. The van der Waals surface area contributed by atoms with E-state index in [0.717, 1.165) is 38.5 Å². The number of nitrogens with zero attached hydrogens (tertiary/aromatic N) is 1. The minimum absolute atomic E-state index is 0.00238. The van der Waals surface area contributed by atoms with Gasteiger partial charge in [-0.2, -0.15) is 0 Å². The van der Waals surface area contributed by atoms with Crippen molar-refractivity contribution in [1.29, 1.82) is 0 Å². The molecule has 0 aromatic heterocycles. The van der Waals surface area contributed by atoms with Crippen LogP contribution in [0, 0.1) is 0 Å². The first-order valence-corrected chi connectivity index (χ1v) is 28.0. The van der Waals surface area contributed by atoms with Gasteiger partial charge in [-0.1, -0.05) is 251 Å². The highest BCUT2D eigenvalue weighted by atomic mass is 31.2. The summed E-state index contributed by atoms with van der Waals surface area (Å²) in [6.45, 7) is 4.68. The third-order valence-corrected chi connectivity index (χ3v) is 13.2. The van der Waals surface area contributed by atoms with Crippen LogP contribution in [0.2, 0.25) is 0 Å². The highest BCUT2D eigenvalue weighted by Crippen LogP contribution is 2.38. The van der Waals surface area contributed by atoms with Crippen molar-refractivity contribution in [3.05, 3.63) is 12.2 Å². The van der Waals surface area contributed by atoms with Crippen molar-refractivity contribution in [3.63, 3.8) is 0 Å². The number of aliphatic hydroxyl groups excluding tert-OH is 1. The van der Waals surface area contributed by atoms with Crippen LogP contribution >= 0.6 is 7.82 Å². The Morgan fingerprint density at radius 2 is 0.885 bits per heavy atom. The Kier molecular flexibility index (Phi) is 43.9. The summed E-state index contributed by atoms with van der Waals surface area (Å²) in [5.74, 6) is -0.194. The molecule has 0 radical (unpaired) electrons. The van der Waals surface area contributed by atoms with E-state index in [0.29, 0.717) is 17.4 Å². The van der Waals surface area contributed by atoms with Gasteiger partial charge in [0.2, 0.25) is 5.91 Å². The van der Waals surface area contributed by atoms with Gasteiger partial charge < -0.3 is 28.8 Å². The lowest BCUT2D eigenvalue weighted by molar-refractivity contribution is -0.870. The molecule has 0 aliphatic heterocycles. The number of nitrogens with one attached hydrogen (secondary N) is 1. The summed E-state index contributed by atoms with van der Waals surface area (Å²) in [5, 5.41) is 13.8. The van der Waals surface area contributed by atoms with Crippen LogP contribution in [-0.2, 0) is 18.4 Å². The lowest BCUT2D eigenvalue weighted by Crippen LogP contribution is -2.45. The number of rotatable bonds is 49. The Labute approximate surface area is 380 Å². The predicted octanol–water partition coefficient (Wildman–Crippen LogP) is 14.8. The van der Waals surface area contributed by atoms with E-state index in [1.165, 1.54) is 205 Å². The largest absolute Gasteiger partial charge is 0.756 e. The van der Waals surface area contributed by atoms with Gasteiger partial charge in [0.1, 0.15) is 13.2 Å². The van der Waals surface area contributed by atoms with E-state index in [4.69, 9.17) is 9.05 Å². The minimum atomic E-state index is -4.59. The molecule has 1 amide bonds. The summed E-state index contributed by atoms with van der Waals surface area (Å²) in [6.07, 6.45) is 52.8. The summed E-state index contributed by atoms with van der Waals surface area (Å²) >= 11 is 0. The molecule has 0 heterocycles. The maximum Gasteiger partial charge on any atom is 0.268 e. The Bertz CT molecular complexity index is 1000. The maximum atomic E-state index is 12.9. The van der Waals surface area contributed by atoms with Gasteiger partial charge in [-0.25, -0.2) is 0 Å². The highest BCUT2D eigenvalue weighted by Gasteiger charge is 2.23. The summed E-state index contributed by atoms with van der Waals surface area (Å²) in [6, 6.07) is -0.880. The normalized spacial score (nSPS) is 14.1. The van der Waals surface area contributed by atoms with Gasteiger partial charge in [-0.15, -0.1) is 0 Å². The standard InChI is InChI=1S/C52H105N2O6P/c1-6-8-10-12-14-16-18-20-21-22-23-24-25-26-27-28-29-30-31-32-34-35-37-39-41-43-45-51(55)50(49-60-61(57,58)59-48-47-54(3,4)5)53-52(56)46-44-42-40-38-36-33-19-17-15-13-11-9-7-2/h43,45,50-51,55H,6-42,44,46-49H2,1-5H3,(H-,53,56,57,58)/b45-43+. The molecule has 0 rings (SSSR count). The number of carbonyl (C=O) groups is 1. The van der Waals surface area contributed by atoms with E-state index in [1.807, 2.05) is 27.2 Å². The molecule has 0 bridgehead atoms. The molecule has 0 aliphatic carbocycles. The second-order valence-corrected chi connectivity index (χ2v) is 21.0. The Morgan fingerprint density at radius 1 is 0.557 bits per heavy atom. The van der Waals surface area contributed by atoms with E-state index < -0.39 is 20.0 Å². The zero-order valence-electron chi connectivity index (χ0n) is 41.4. The van der Waals surface area contributed by atoms with E-state index in [9.17, 15) is 19.4 Å². The molecule has 8 nitrogen and oxygen atoms in total. The second kappa shape index (κ2) is 44.4. The van der Waals surface area contributed by atoms with Crippen LogP contribution in [0.1, 0.15) is 264 Å². The van der Waals surface area contributed by atoms with Gasteiger partial charge in [0.15, 0.2) is 0 Å². The Hall–Kier alpha value is -0.760. The third-order valence-electron chi connectivity index (χ3n) is 12.2. The number of likely N-dealkylation sites (N-methyl/N-ethyl adjacent to an activating group) is 1. The van der Waals surface area contributed by atoms with Gasteiger partial charge in [0, 0.05) is 6.42 Å². The number of carbonyl (C=O) groups excluding carboxylic acids is 1. The monoisotopic (exact) mass is 885 g/mol. The average Bonchev–Trinajstić information content (AvgIpc) is 3.21. The van der Waals surface area contributed by atoms with Gasteiger partial charge in [-0.3, -0.25) is 9.36 Å². The first-order chi connectivity index (χ1) is 29.5. The number of hydrogen-bond donors (Lipinski definition) is 2. The summed E-state index contributed by atoms with van der Waals surface area (Å²) in [5.41, 5.74) is 0. The van der Waals surface area contributed by atoms with Crippen LogP contribution in [0.5, 0.6) is 0 Å². The quantitative estimate of drug-likeness (QED) is 0.0273. The SMILES string of the molecule is CCCCCCCCCCCCCCCCCCCCCCCCCC/C=C/C(O)C(COP(=O)([O-])OCC[N+](C)(C)C)NC(=O)CCCCCCCCCCCCCCC. The van der Waals surface area contributed by atoms with Crippen LogP contribution in [0.4, 0.5) is 0 Å². The molecule has 3 atom stereocenters. The van der Waals surface area contributed by atoms with Crippen LogP contribution in [0.3, 0.4) is 0 Å². The van der Waals surface area contributed by atoms with Crippen molar-refractivity contribution >= 4 is 13.7 Å². The van der Waals surface area contributed by atoms with Gasteiger partial charge in [-0.05, 0) is 19.3 Å². The molecular formula is C52H105N2O6P. The molecule has 0 spiro atoms. The Morgan fingerprint density at radius 3 is 1.23 bits per heavy atom. The Balaban J connectivity index is 4.17. The maximum absolute atomic E-state index is 12.9. The third kappa shape index (κ3) is 47.0. The smallest absolute Gasteiger partial charge is 0.268 e. The van der Waals surface area contributed by atoms with Crippen molar-refractivity contribution in [2.75, 3.05) is 40.9 Å². The zero-order valence-corrected chi connectivity index (χ0v) is 42.3. The van der Waals surface area contributed by atoms with Gasteiger partial charge in [0.05, 0.1) is 39.9 Å². The first kappa shape index (κ1) is 60.2. The summed E-state index contributed by atoms with van der Waals surface area (Å²) < 4.78 is 23.3. The molecule has 0 aliphatic rings. The lowest BCUT2D eigenvalue weighted by atomic mass is 10.0. The second-order valence-electron chi connectivity index (χ2n) is 19.6. The van der Waals surface area contributed by atoms with Crippen molar-refractivity contribution in [3.8, 4) is 0 Å². The van der Waals surface area contributed by atoms with Crippen molar-refractivity contribution in [1.82, 2.24) is 5.32 Å². The van der Waals surface area contributed by atoms with Crippen molar-refractivity contribution in [2.45, 2.75) is 276 Å². The number of unbranched alkanes of at least 4 members (excludes halogenated alkanes) is 36. The number of quaternary nitrogens is 1. The summed E-state index contributed by atoms with van der Waals surface area (Å²) in [7, 11) is 1.27. The number of hydrogen-bond acceptors (Lipinski definition) is 6. The molecule has 0 saturated heterocycles. The lowest BCUT2D eigenvalue weighted by Gasteiger charge is -2.29. The van der Waals surface area contributed by atoms with Gasteiger partial charge >= 0.3 is 0 Å². The molecule has 0 aromatic rings. The van der Waals surface area contributed by atoms with Crippen LogP contribution in [0.25, 0.3) is 0 Å². The molecule has 61 heavy (non-hydrogen) atoms. The van der Waals surface area contributed by atoms with Gasteiger partial charge in [0.25, 0.3) is 7.82 Å². The number of phosphoric acid groups is 1. The van der Waals surface area contributed by atoms with E-state index in [-0.39, 0.29) is 19.1 Å². The van der Waals surface area contributed by atoms with E-state index >= 15 is 0 Å².